The number of likely N-dealkylation sites (N-methyl/N-ethyl adjacent to an activating group) is 1. The molecule has 0 aliphatic heterocycles. The van der Waals surface area contributed by atoms with Gasteiger partial charge in [-0.1, -0.05) is 30.3 Å². The summed E-state index contributed by atoms with van der Waals surface area (Å²) in [5.41, 5.74) is 6.76. The largest absolute Gasteiger partial charge is 0.368 e. The molecule has 0 heterocycles. The summed E-state index contributed by atoms with van der Waals surface area (Å²) in [6.07, 6.45) is 3.32. The first kappa shape index (κ1) is 14.0. The highest BCUT2D eigenvalue weighted by Gasteiger charge is 2.27. The van der Waals surface area contributed by atoms with Gasteiger partial charge < -0.3 is 16.0 Å². The van der Waals surface area contributed by atoms with Crippen LogP contribution < -0.4 is 11.1 Å². The molecule has 1 saturated carbocycles. The number of hydrogen-bond donors (Lipinski definition) is 2. The van der Waals surface area contributed by atoms with Crippen LogP contribution in [0.4, 0.5) is 0 Å². The van der Waals surface area contributed by atoms with E-state index in [1.54, 1.807) is 0 Å². The first-order valence-corrected chi connectivity index (χ1v) is 6.93. The summed E-state index contributed by atoms with van der Waals surface area (Å²) in [6.45, 7) is 1.61. The Hall–Kier alpha value is -1.39. The minimum atomic E-state index is -0.251. The van der Waals surface area contributed by atoms with Crippen LogP contribution in [0, 0.1) is 0 Å². The van der Waals surface area contributed by atoms with Crippen LogP contribution in [0.25, 0.3) is 0 Å². The van der Waals surface area contributed by atoms with E-state index in [2.05, 4.69) is 34.5 Å². The predicted octanol–water partition coefficient (Wildman–Crippen LogP) is 0.767. The molecule has 1 unspecified atom stereocenters. The fourth-order valence-corrected chi connectivity index (χ4v) is 2.13. The molecule has 0 bridgehead atoms. The summed E-state index contributed by atoms with van der Waals surface area (Å²) in [5.74, 6) is -0.251. The van der Waals surface area contributed by atoms with Gasteiger partial charge >= 0.3 is 0 Å². The molecule has 1 amide bonds. The van der Waals surface area contributed by atoms with Crippen molar-refractivity contribution in [2.24, 2.45) is 5.73 Å². The maximum Gasteiger partial charge on any atom is 0.235 e. The van der Waals surface area contributed by atoms with Gasteiger partial charge in [0.15, 0.2) is 0 Å². The Bertz CT molecular complexity index is 403. The van der Waals surface area contributed by atoms with Crippen molar-refractivity contribution in [3.63, 3.8) is 0 Å². The number of carbonyl (C=O) groups excluding carboxylic acids is 1. The molecule has 19 heavy (non-hydrogen) atoms. The minimum absolute atomic E-state index is 0.228. The molecule has 4 nitrogen and oxygen atoms in total. The second-order valence-corrected chi connectivity index (χ2v) is 5.39. The van der Waals surface area contributed by atoms with Gasteiger partial charge in [-0.05, 0) is 31.9 Å². The average Bonchev–Trinajstić information content (AvgIpc) is 3.21. The molecule has 4 heteroatoms. The zero-order valence-corrected chi connectivity index (χ0v) is 11.5. The highest BCUT2D eigenvalue weighted by atomic mass is 16.1. The van der Waals surface area contributed by atoms with E-state index in [0.717, 1.165) is 25.8 Å². The molecular weight excluding hydrogens is 238 g/mol. The van der Waals surface area contributed by atoms with Gasteiger partial charge in [0.25, 0.3) is 0 Å². The van der Waals surface area contributed by atoms with E-state index in [9.17, 15) is 4.79 Å². The molecule has 1 aromatic carbocycles. The quantitative estimate of drug-likeness (QED) is 0.726. The Morgan fingerprint density at radius 1 is 1.42 bits per heavy atom. The number of nitrogens with two attached hydrogens (primary N) is 1. The number of benzene rings is 1. The van der Waals surface area contributed by atoms with Gasteiger partial charge in [-0.2, -0.15) is 0 Å². The van der Waals surface area contributed by atoms with Crippen LogP contribution in [0.1, 0.15) is 18.4 Å². The molecule has 104 valence electrons. The van der Waals surface area contributed by atoms with Gasteiger partial charge in [-0.25, -0.2) is 0 Å². The number of primary amides is 1. The molecule has 1 aliphatic rings. The van der Waals surface area contributed by atoms with Crippen molar-refractivity contribution in [2.75, 3.05) is 20.1 Å². The Morgan fingerprint density at radius 3 is 2.68 bits per heavy atom. The summed E-state index contributed by atoms with van der Waals surface area (Å²) in [5, 5.41) is 3.30. The zero-order chi connectivity index (χ0) is 13.7. The van der Waals surface area contributed by atoms with Gasteiger partial charge in [-0.15, -0.1) is 0 Å². The minimum Gasteiger partial charge on any atom is -0.368 e. The first-order valence-electron chi connectivity index (χ1n) is 6.93. The molecule has 0 spiro atoms. The first-order chi connectivity index (χ1) is 9.15. The Morgan fingerprint density at radius 2 is 2.11 bits per heavy atom. The number of nitrogens with zero attached hydrogens (tertiary/aromatic N) is 1. The van der Waals surface area contributed by atoms with E-state index >= 15 is 0 Å². The summed E-state index contributed by atoms with van der Waals surface area (Å²) < 4.78 is 0. The average molecular weight is 261 g/mol. The lowest BCUT2D eigenvalue weighted by Gasteiger charge is -2.22. The van der Waals surface area contributed by atoms with Crippen molar-refractivity contribution in [3.8, 4) is 0 Å². The van der Waals surface area contributed by atoms with Crippen LogP contribution >= 0.6 is 0 Å². The second kappa shape index (κ2) is 6.68. The van der Waals surface area contributed by atoms with Crippen molar-refractivity contribution in [3.05, 3.63) is 35.9 Å². The molecule has 0 radical (unpaired) electrons. The van der Waals surface area contributed by atoms with Gasteiger partial charge in [0, 0.05) is 19.1 Å². The van der Waals surface area contributed by atoms with Crippen molar-refractivity contribution in [2.45, 2.75) is 31.3 Å². The maximum absolute atomic E-state index is 11.4. The smallest absolute Gasteiger partial charge is 0.235 e. The third kappa shape index (κ3) is 5.01. The molecule has 0 aromatic heterocycles. The van der Waals surface area contributed by atoms with Crippen LogP contribution in [0.3, 0.4) is 0 Å². The summed E-state index contributed by atoms with van der Waals surface area (Å²) >= 11 is 0. The van der Waals surface area contributed by atoms with Crippen molar-refractivity contribution >= 4 is 5.91 Å². The monoisotopic (exact) mass is 261 g/mol. The number of carbonyl (C=O) groups is 1. The molecule has 0 saturated heterocycles. The second-order valence-electron chi connectivity index (χ2n) is 5.39. The molecule has 2 rings (SSSR count). The molecule has 3 N–H and O–H groups in total. The van der Waals surface area contributed by atoms with E-state index in [1.807, 2.05) is 13.1 Å². The van der Waals surface area contributed by atoms with Crippen LogP contribution in [0.2, 0.25) is 0 Å². The van der Waals surface area contributed by atoms with E-state index in [4.69, 9.17) is 5.73 Å². The number of amides is 1. The van der Waals surface area contributed by atoms with Crippen molar-refractivity contribution in [1.82, 2.24) is 10.2 Å². The SMILES string of the molecule is CN(CCc1ccccc1)CC(NC1CC1)C(N)=O. The Labute approximate surface area is 115 Å². The fourth-order valence-electron chi connectivity index (χ4n) is 2.13. The zero-order valence-electron chi connectivity index (χ0n) is 11.5. The van der Waals surface area contributed by atoms with Crippen LogP contribution in [0.5, 0.6) is 0 Å². The molecule has 1 atom stereocenters. The van der Waals surface area contributed by atoms with Crippen LogP contribution in [-0.4, -0.2) is 43.0 Å². The van der Waals surface area contributed by atoms with E-state index in [1.165, 1.54) is 5.56 Å². The third-order valence-corrected chi connectivity index (χ3v) is 3.48. The Balaban J connectivity index is 1.75. The highest BCUT2D eigenvalue weighted by molar-refractivity contribution is 5.80. The van der Waals surface area contributed by atoms with Gasteiger partial charge in [0.1, 0.15) is 0 Å². The van der Waals surface area contributed by atoms with Crippen LogP contribution in [0.15, 0.2) is 30.3 Å². The summed E-state index contributed by atoms with van der Waals surface area (Å²) in [7, 11) is 2.04. The molecule has 1 fully saturated rings. The lowest BCUT2D eigenvalue weighted by molar-refractivity contribution is -0.120. The predicted molar refractivity (Wildman–Crippen MR) is 76.8 cm³/mol. The fraction of sp³-hybridized carbons (Fsp3) is 0.533. The lowest BCUT2D eigenvalue weighted by Crippen LogP contribution is -2.49. The van der Waals surface area contributed by atoms with Gasteiger partial charge in [0.2, 0.25) is 5.91 Å². The Kier molecular flexibility index (Phi) is 4.93. The third-order valence-electron chi connectivity index (χ3n) is 3.48. The van der Waals surface area contributed by atoms with E-state index < -0.39 is 0 Å². The molecular formula is C15H23N3O. The van der Waals surface area contributed by atoms with E-state index in [-0.39, 0.29) is 11.9 Å². The van der Waals surface area contributed by atoms with Gasteiger partial charge in [0.05, 0.1) is 6.04 Å². The van der Waals surface area contributed by atoms with E-state index in [0.29, 0.717) is 12.6 Å². The number of hydrogen-bond acceptors (Lipinski definition) is 3. The lowest BCUT2D eigenvalue weighted by atomic mass is 10.1. The molecule has 1 aliphatic carbocycles. The van der Waals surface area contributed by atoms with Crippen molar-refractivity contribution < 1.29 is 4.79 Å². The topological polar surface area (TPSA) is 58.4 Å². The number of nitrogens with one attached hydrogen (secondary N) is 1. The summed E-state index contributed by atoms with van der Waals surface area (Å²) in [4.78, 5) is 13.6. The van der Waals surface area contributed by atoms with Gasteiger partial charge in [-0.3, -0.25) is 4.79 Å². The molecule has 1 aromatic rings. The standard InChI is InChI=1S/C15H23N3O/c1-18(10-9-12-5-3-2-4-6-12)11-14(15(16)19)17-13-7-8-13/h2-6,13-14,17H,7-11H2,1H3,(H2,16,19). The maximum atomic E-state index is 11.4. The summed E-state index contributed by atoms with van der Waals surface area (Å²) in [6, 6.07) is 10.7. The highest BCUT2D eigenvalue weighted by Crippen LogP contribution is 2.19. The van der Waals surface area contributed by atoms with Crippen LogP contribution in [-0.2, 0) is 11.2 Å². The normalized spacial score (nSPS) is 16.5. The van der Waals surface area contributed by atoms with Crippen molar-refractivity contribution in [1.29, 1.82) is 0 Å². The number of rotatable bonds is 8.